The van der Waals surface area contributed by atoms with Crippen molar-refractivity contribution in [1.29, 1.82) is 0 Å². The molecule has 1 amide bonds. The van der Waals surface area contributed by atoms with Gasteiger partial charge in [0.1, 0.15) is 0 Å². The summed E-state index contributed by atoms with van der Waals surface area (Å²) >= 11 is 0. The van der Waals surface area contributed by atoms with Gasteiger partial charge in [0.25, 0.3) is 0 Å². The normalized spacial score (nSPS) is 15.0. The van der Waals surface area contributed by atoms with Crippen molar-refractivity contribution in [3.05, 3.63) is 29.8 Å². The largest absolute Gasteiger partial charge is 0.376 e. The number of nitrogens with one attached hydrogen (secondary N) is 1. The van der Waals surface area contributed by atoms with Crippen LogP contribution in [0.3, 0.4) is 0 Å². The van der Waals surface area contributed by atoms with E-state index in [2.05, 4.69) is 18.3 Å². The standard InChI is InChI=1S/C14H20N2O/c1-2-12-7-3-4-8-13(12)15-11-14(17)16-9-5-6-10-16/h3-4,7-8,15H,2,5-6,9-11H2,1H3. The molecule has 0 bridgehead atoms. The average Bonchev–Trinajstić information content (AvgIpc) is 2.90. The van der Waals surface area contributed by atoms with Gasteiger partial charge in [0.05, 0.1) is 6.54 Å². The number of anilines is 1. The Morgan fingerprint density at radius 2 is 2.00 bits per heavy atom. The number of carbonyl (C=O) groups is 1. The minimum Gasteiger partial charge on any atom is -0.376 e. The Morgan fingerprint density at radius 1 is 1.29 bits per heavy atom. The Hall–Kier alpha value is -1.51. The van der Waals surface area contributed by atoms with Gasteiger partial charge in [-0.1, -0.05) is 25.1 Å². The number of rotatable bonds is 4. The Labute approximate surface area is 103 Å². The molecule has 1 N–H and O–H groups in total. The van der Waals surface area contributed by atoms with Crippen molar-refractivity contribution in [3.8, 4) is 0 Å². The predicted molar refractivity (Wildman–Crippen MR) is 70.1 cm³/mol. The van der Waals surface area contributed by atoms with Crippen LogP contribution >= 0.6 is 0 Å². The van der Waals surface area contributed by atoms with E-state index in [1.807, 2.05) is 23.1 Å². The van der Waals surface area contributed by atoms with Crippen molar-refractivity contribution in [2.45, 2.75) is 26.2 Å². The van der Waals surface area contributed by atoms with Gasteiger partial charge in [0.2, 0.25) is 5.91 Å². The summed E-state index contributed by atoms with van der Waals surface area (Å²) in [6.07, 6.45) is 3.29. The third-order valence-corrected chi connectivity index (χ3v) is 3.29. The second-order valence-electron chi connectivity index (χ2n) is 4.45. The van der Waals surface area contributed by atoms with Crippen molar-refractivity contribution >= 4 is 11.6 Å². The summed E-state index contributed by atoms with van der Waals surface area (Å²) in [6, 6.07) is 8.17. The van der Waals surface area contributed by atoms with Crippen molar-refractivity contribution in [1.82, 2.24) is 4.90 Å². The van der Waals surface area contributed by atoms with E-state index < -0.39 is 0 Å². The van der Waals surface area contributed by atoms with Crippen LogP contribution < -0.4 is 5.32 Å². The highest BCUT2D eigenvalue weighted by atomic mass is 16.2. The highest BCUT2D eigenvalue weighted by Gasteiger charge is 2.17. The summed E-state index contributed by atoms with van der Waals surface area (Å²) in [7, 11) is 0. The fourth-order valence-electron chi connectivity index (χ4n) is 2.25. The smallest absolute Gasteiger partial charge is 0.241 e. The minimum atomic E-state index is 0.216. The Kier molecular flexibility index (Phi) is 4.02. The number of hydrogen-bond donors (Lipinski definition) is 1. The molecule has 3 heteroatoms. The van der Waals surface area contributed by atoms with Gasteiger partial charge < -0.3 is 10.2 Å². The molecule has 1 aliphatic rings. The Bertz CT molecular complexity index is 384. The molecule has 0 radical (unpaired) electrons. The van der Waals surface area contributed by atoms with Crippen molar-refractivity contribution < 1.29 is 4.79 Å². The van der Waals surface area contributed by atoms with Gasteiger partial charge in [-0.25, -0.2) is 0 Å². The Balaban J connectivity index is 1.90. The molecule has 1 aromatic rings. The topological polar surface area (TPSA) is 32.3 Å². The zero-order chi connectivity index (χ0) is 12.1. The van der Waals surface area contributed by atoms with Gasteiger partial charge >= 0.3 is 0 Å². The van der Waals surface area contributed by atoms with Gasteiger partial charge in [-0.3, -0.25) is 4.79 Å². The molecule has 17 heavy (non-hydrogen) atoms. The summed E-state index contributed by atoms with van der Waals surface area (Å²) in [5.41, 5.74) is 2.35. The predicted octanol–water partition coefficient (Wildman–Crippen LogP) is 2.28. The van der Waals surface area contributed by atoms with E-state index in [4.69, 9.17) is 0 Å². The first-order valence-electron chi connectivity index (χ1n) is 6.41. The number of benzene rings is 1. The molecule has 0 saturated carbocycles. The fraction of sp³-hybridized carbons (Fsp3) is 0.500. The number of likely N-dealkylation sites (tertiary alicyclic amines) is 1. The highest BCUT2D eigenvalue weighted by Crippen LogP contribution is 2.15. The summed E-state index contributed by atoms with van der Waals surface area (Å²) in [6.45, 7) is 4.39. The van der Waals surface area contributed by atoms with Gasteiger partial charge in [-0.05, 0) is 30.9 Å². The van der Waals surface area contributed by atoms with Crippen LogP contribution in [0, 0.1) is 0 Å². The van der Waals surface area contributed by atoms with Crippen LogP contribution in [0.5, 0.6) is 0 Å². The van der Waals surface area contributed by atoms with E-state index >= 15 is 0 Å². The summed E-state index contributed by atoms with van der Waals surface area (Å²) < 4.78 is 0. The molecule has 92 valence electrons. The average molecular weight is 232 g/mol. The third-order valence-electron chi connectivity index (χ3n) is 3.29. The zero-order valence-electron chi connectivity index (χ0n) is 10.4. The summed E-state index contributed by atoms with van der Waals surface area (Å²) in [5.74, 6) is 0.216. The van der Waals surface area contributed by atoms with Crippen LogP contribution in [0.1, 0.15) is 25.3 Å². The zero-order valence-corrected chi connectivity index (χ0v) is 10.4. The number of para-hydroxylation sites is 1. The van der Waals surface area contributed by atoms with Crippen LogP contribution in [-0.4, -0.2) is 30.4 Å². The molecule has 1 aliphatic heterocycles. The Morgan fingerprint density at radius 3 is 2.71 bits per heavy atom. The molecule has 1 fully saturated rings. The molecule has 0 spiro atoms. The quantitative estimate of drug-likeness (QED) is 0.863. The SMILES string of the molecule is CCc1ccccc1NCC(=O)N1CCCC1. The highest BCUT2D eigenvalue weighted by molar-refractivity contribution is 5.81. The summed E-state index contributed by atoms with van der Waals surface area (Å²) in [5, 5.41) is 3.25. The fourth-order valence-corrected chi connectivity index (χ4v) is 2.25. The van der Waals surface area contributed by atoms with Crippen LogP contribution in [0.2, 0.25) is 0 Å². The van der Waals surface area contributed by atoms with E-state index in [0.717, 1.165) is 38.0 Å². The molecule has 2 rings (SSSR count). The van der Waals surface area contributed by atoms with Gasteiger partial charge in [-0.2, -0.15) is 0 Å². The molecular weight excluding hydrogens is 212 g/mol. The van der Waals surface area contributed by atoms with Gasteiger partial charge in [0, 0.05) is 18.8 Å². The van der Waals surface area contributed by atoms with Crippen molar-refractivity contribution in [2.75, 3.05) is 25.0 Å². The molecule has 0 atom stereocenters. The third kappa shape index (κ3) is 2.99. The van der Waals surface area contributed by atoms with E-state index in [0.29, 0.717) is 6.54 Å². The molecule has 1 saturated heterocycles. The van der Waals surface area contributed by atoms with Crippen molar-refractivity contribution in [2.24, 2.45) is 0 Å². The van der Waals surface area contributed by atoms with Crippen molar-refractivity contribution in [3.63, 3.8) is 0 Å². The monoisotopic (exact) mass is 232 g/mol. The number of aryl methyl sites for hydroxylation is 1. The number of nitrogens with zero attached hydrogens (tertiary/aromatic N) is 1. The molecule has 0 aromatic heterocycles. The first-order valence-corrected chi connectivity index (χ1v) is 6.41. The van der Waals surface area contributed by atoms with E-state index in [1.54, 1.807) is 0 Å². The maximum Gasteiger partial charge on any atom is 0.241 e. The number of amides is 1. The molecule has 1 heterocycles. The second-order valence-corrected chi connectivity index (χ2v) is 4.45. The molecule has 3 nitrogen and oxygen atoms in total. The molecule has 1 aromatic carbocycles. The molecular formula is C14H20N2O. The lowest BCUT2D eigenvalue weighted by Gasteiger charge is -2.17. The first kappa shape index (κ1) is 12.0. The lowest BCUT2D eigenvalue weighted by Crippen LogP contribution is -2.33. The number of carbonyl (C=O) groups excluding carboxylic acids is 1. The molecule has 0 aliphatic carbocycles. The minimum absolute atomic E-state index is 0.216. The van der Waals surface area contributed by atoms with Crippen LogP contribution in [0.15, 0.2) is 24.3 Å². The van der Waals surface area contributed by atoms with E-state index in [9.17, 15) is 4.79 Å². The van der Waals surface area contributed by atoms with Gasteiger partial charge in [0.15, 0.2) is 0 Å². The maximum absolute atomic E-state index is 11.9. The van der Waals surface area contributed by atoms with Crippen LogP contribution in [0.25, 0.3) is 0 Å². The van der Waals surface area contributed by atoms with Crippen LogP contribution in [0.4, 0.5) is 5.69 Å². The lowest BCUT2D eigenvalue weighted by molar-refractivity contribution is -0.128. The summed E-state index contributed by atoms with van der Waals surface area (Å²) in [4.78, 5) is 13.8. The first-order chi connectivity index (χ1) is 8.31. The van der Waals surface area contributed by atoms with Gasteiger partial charge in [-0.15, -0.1) is 0 Å². The maximum atomic E-state index is 11.9. The van der Waals surface area contributed by atoms with Crippen LogP contribution in [-0.2, 0) is 11.2 Å². The lowest BCUT2D eigenvalue weighted by atomic mass is 10.1. The second kappa shape index (κ2) is 5.71. The number of hydrogen-bond acceptors (Lipinski definition) is 2. The van der Waals surface area contributed by atoms with E-state index in [1.165, 1.54) is 5.56 Å². The van der Waals surface area contributed by atoms with E-state index in [-0.39, 0.29) is 5.91 Å². The molecule has 0 unspecified atom stereocenters.